The van der Waals surface area contributed by atoms with Crippen LogP contribution in [0.15, 0.2) is 12.1 Å². The number of carbonyl (C=O) groups is 1. The van der Waals surface area contributed by atoms with Crippen molar-refractivity contribution in [3.05, 3.63) is 23.5 Å². The van der Waals surface area contributed by atoms with Crippen LogP contribution in [0.2, 0.25) is 0 Å². The minimum absolute atomic E-state index is 0.00719. The lowest BCUT2D eigenvalue weighted by molar-refractivity contribution is -0.137. The highest BCUT2D eigenvalue weighted by atomic mass is 19.1. The molecule has 0 heterocycles. The van der Waals surface area contributed by atoms with Crippen LogP contribution in [-0.4, -0.2) is 25.3 Å². The quantitative estimate of drug-likeness (QED) is 0.810. The Morgan fingerprint density at radius 2 is 2.11 bits per heavy atom. The maximum atomic E-state index is 13.9. The topological polar surface area (TPSA) is 81.8 Å². The molecule has 0 bridgehead atoms. The summed E-state index contributed by atoms with van der Waals surface area (Å²) in [6.07, 6.45) is 0.120. The molecule has 1 atom stereocenters. The van der Waals surface area contributed by atoms with Crippen LogP contribution in [0.1, 0.15) is 24.4 Å². The van der Waals surface area contributed by atoms with E-state index in [1.54, 1.807) is 6.07 Å². The molecule has 0 amide bonds. The molecule has 0 aliphatic heterocycles. The summed E-state index contributed by atoms with van der Waals surface area (Å²) in [5.74, 6) is -1.53. The highest BCUT2D eigenvalue weighted by Crippen LogP contribution is 2.34. The lowest BCUT2D eigenvalue weighted by Gasteiger charge is -2.16. The maximum Gasteiger partial charge on any atom is 0.303 e. The smallest absolute Gasteiger partial charge is 0.303 e. The first-order chi connectivity index (χ1) is 8.51. The number of carboxylic acids is 1. The molecule has 0 aliphatic rings. The molecule has 100 valence electrons. The Morgan fingerprint density at radius 3 is 2.61 bits per heavy atom. The van der Waals surface area contributed by atoms with E-state index in [9.17, 15) is 9.18 Å². The lowest BCUT2D eigenvalue weighted by Crippen LogP contribution is -2.14. The predicted octanol–water partition coefficient (Wildman–Crippen LogP) is 1.71. The van der Waals surface area contributed by atoms with Crippen molar-refractivity contribution in [2.75, 3.05) is 14.2 Å². The zero-order valence-corrected chi connectivity index (χ0v) is 10.3. The van der Waals surface area contributed by atoms with Crippen LogP contribution in [-0.2, 0) is 4.79 Å². The summed E-state index contributed by atoms with van der Waals surface area (Å²) in [6, 6.07) is 2.41. The lowest BCUT2D eigenvalue weighted by atomic mass is 10.0. The zero-order valence-electron chi connectivity index (χ0n) is 10.3. The summed E-state index contributed by atoms with van der Waals surface area (Å²) in [4.78, 5) is 10.5. The van der Waals surface area contributed by atoms with Crippen LogP contribution >= 0.6 is 0 Å². The molecule has 1 aromatic carbocycles. The number of rotatable bonds is 6. The number of hydrogen-bond donors (Lipinski definition) is 2. The zero-order chi connectivity index (χ0) is 13.7. The van der Waals surface area contributed by atoms with E-state index >= 15 is 0 Å². The highest BCUT2D eigenvalue weighted by molar-refractivity contribution is 5.66. The molecule has 0 radical (unpaired) electrons. The molecule has 0 spiro atoms. The van der Waals surface area contributed by atoms with E-state index < -0.39 is 17.8 Å². The summed E-state index contributed by atoms with van der Waals surface area (Å²) < 4.78 is 23.7. The SMILES string of the molecule is COc1ccc(C(N)CCC(=O)O)c(OC)c1F. The second-order valence-electron chi connectivity index (χ2n) is 3.74. The fourth-order valence-electron chi connectivity index (χ4n) is 1.64. The number of carboxylic acid groups (broad SMARTS) is 1. The number of methoxy groups -OCH3 is 2. The largest absolute Gasteiger partial charge is 0.494 e. The number of benzene rings is 1. The van der Waals surface area contributed by atoms with Gasteiger partial charge in [0, 0.05) is 18.0 Å². The van der Waals surface area contributed by atoms with Gasteiger partial charge >= 0.3 is 5.97 Å². The Kier molecular flexibility index (Phi) is 4.91. The van der Waals surface area contributed by atoms with Crippen LogP contribution in [0.3, 0.4) is 0 Å². The second kappa shape index (κ2) is 6.20. The summed E-state index contributed by atoms with van der Waals surface area (Å²) in [7, 11) is 2.67. The normalized spacial score (nSPS) is 12.0. The molecule has 0 fully saturated rings. The molecule has 5 nitrogen and oxygen atoms in total. The van der Waals surface area contributed by atoms with Crippen molar-refractivity contribution in [1.29, 1.82) is 0 Å². The van der Waals surface area contributed by atoms with Crippen molar-refractivity contribution in [1.82, 2.24) is 0 Å². The third-order valence-electron chi connectivity index (χ3n) is 2.58. The van der Waals surface area contributed by atoms with Gasteiger partial charge in [-0.05, 0) is 18.6 Å². The molecule has 1 aromatic rings. The van der Waals surface area contributed by atoms with Gasteiger partial charge in [-0.2, -0.15) is 4.39 Å². The average molecular weight is 257 g/mol. The Morgan fingerprint density at radius 1 is 1.44 bits per heavy atom. The third kappa shape index (κ3) is 3.10. The van der Waals surface area contributed by atoms with Gasteiger partial charge in [0.15, 0.2) is 11.5 Å². The number of hydrogen-bond acceptors (Lipinski definition) is 4. The molecule has 3 N–H and O–H groups in total. The van der Waals surface area contributed by atoms with Crippen LogP contribution in [0.25, 0.3) is 0 Å². The molecule has 1 rings (SSSR count). The van der Waals surface area contributed by atoms with Crippen molar-refractivity contribution in [3.8, 4) is 11.5 Å². The van der Waals surface area contributed by atoms with Gasteiger partial charge in [0.25, 0.3) is 0 Å². The van der Waals surface area contributed by atoms with Gasteiger partial charge in [0.2, 0.25) is 5.82 Å². The minimum atomic E-state index is -0.946. The van der Waals surface area contributed by atoms with Crippen LogP contribution in [0.4, 0.5) is 4.39 Å². The van der Waals surface area contributed by atoms with Crippen molar-refractivity contribution in [2.24, 2.45) is 5.73 Å². The molecular formula is C12H16FNO4. The number of nitrogens with two attached hydrogens (primary N) is 1. The number of ether oxygens (including phenoxy) is 2. The van der Waals surface area contributed by atoms with Crippen LogP contribution in [0, 0.1) is 5.82 Å². The average Bonchev–Trinajstić information content (AvgIpc) is 2.35. The van der Waals surface area contributed by atoms with E-state index in [0.717, 1.165) is 0 Å². The molecule has 6 heteroatoms. The number of halogens is 1. The van der Waals surface area contributed by atoms with Gasteiger partial charge in [-0.25, -0.2) is 0 Å². The minimum Gasteiger partial charge on any atom is -0.494 e. The van der Waals surface area contributed by atoms with Crippen LogP contribution in [0.5, 0.6) is 11.5 Å². The Hall–Kier alpha value is -1.82. The fraction of sp³-hybridized carbons (Fsp3) is 0.417. The van der Waals surface area contributed by atoms with Crippen molar-refractivity contribution in [3.63, 3.8) is 0 Å². The van der Waals surface area contributed by atoms with E-state index in [1.165, 1.54) is 20.3 Å². The van der Waals surface area contributed by atoms with E-state index in [-0.39, 0.29) is 24.3 Å². The monoisotopic (exact) mass is 257 g/mol. The van der Waals surface area contributed by atoms with Crippen LogP contribution < -0.4 is 15.2 Å². The Labute approximate surface area is 104 Å². The van der Waals surface area contributed by atoms with E-state index in [1.807, 2.05) is 0 Å². The molecule has 18 heavy (non-hydrogen) atoms. The number of aliphatic carboxylic acids is 1. The first-order valence-corrected chi connectivity index (χ1v) is 5.39. The molecule has 1 unspecified atom stereocenters. The maximum absolute atomic E-state index is 13.9. The first-order valence-electron chi connectivity index (χ1n) is 5.39. The summed E-state index contributed by atoms with van der Waals surface area (Å²) in [5.41, 5.74) is 6.26. The molecule has 0 aliphatic carbocycles. The summed E-state index contributed by atoms with van der Waals surface area (Å²) in [5, 5.41) is 8.59. The Bertz CT molecular complexity index is 436. The summed E-state index contributed by atoms with van der Waals surface area (Å²) in [6.45, 7) is 0. The van der Waals surface area contributed by atoms with Crippen molar-refractivity contribution >= 4 is 5.97 Å². The molecule has 0 aromatic heterocycles. The van der Waals surface area contributed by atoms with Gasteiger partial charge in [0.05, 0.1) is 14.2 Å². The predicted molar refractivity (Wildman–Crippen MR) is 63.3 cm³/mol. The first kappa shape index (κ1) is 14.2. The molecule has 0 saturated carbocycles. The van der Waals surface area contributed by atoms with Crippen molar-refractivity contribution < 1.29 is 23.8 Å². The van der Waals surface area contributed by atoms with Gasteiger partial charge in [0.1, 0.15) is 0 Å². The van der Waals surface area contributed by atoms with E-state index in [4.69, 9.17) is 20.3 Å². The standard InChI is InChI=1S/C12H16FNO4/c1-17-9-5-3-7(12(18-2)11(9)13)8(14)4-6-10(15)16/h3,5,8H,4,6,14H2,1-2H3,(H,15,16). The van der Waals surface area contributed by atoms with Gasteiger partial charge in [-0.1, -0.05) is 0 Å². The Balaban J connectivity index is 3.01. The second-order valence-corrected chi connectivity index (χ2v) is 3.74. The third-order valence-corrected chi connectivity index (χ3v) is 2.58. The van der Waals surface area contributed by atoms with Gasteiger partial charge in [-0.3, -0.25) is 4.79 Å². The molecule has 0 saturated heterocycles. The van der Waals surface area contributed by atoms with Gasteiger partial charge in [-0.15, -0.1) is 0 Å². The molecular weight excluding hydrogens is 241 g/mol. The van der Waals surface area contributed by atoms with E-state index in [2.05, 4.69) is 0 Å². The van der Waals surface area contributed by atoms with Crippen molar-refractivity contribution in [2.45, 2.75) is 18.9 Å². The van der Waals surface area contributed by atoms with E-state index in [0.29, 0.717) is 5.56 Å². The summed E-state index contributed by atoms with van der Waals surface area (Å²) >= 11 is 0. The highest BCUT2D eigenvalue weighted by Gasteiger charge is 2.19. The van der Waals surface area contributed by atoms with Gasteiger partial charge < -0.3 is 20.3 Å². The fourth-order valence-corrected chi connectivity index (χ4v) is 1.64.